The number of benzene rings is 1. The van der Waals surface area contributed by atoms with Crippen molar-refractivity contribution in [3.8, 4) is 6.07 Å². The predicted molar refractivity (Wildman–Crippen MR) is 45.1 cm³/mol. The van der Waals surface area contributed by atoms with Gasteiger partial charge in [-0.25, -0.2) is 0 Å². The van der Waals surface area contributed by atoms with Crippen LogP contribution in [-0.2, 0) is 0 Å². The molecule has 1 rings (SSSR count). The lowest BCUT2D eigenvalue weighted by Gasteiger charge is -1.96. The molecule has 0 saturated carbocycles. The fourth-order valence-electron chi connectivity index (χ4n) is 0.937. The first-order valence-corrected chi connectivity index (χ1v) is 3.47. The molecule has 1 aromatic rings. The van der Waals surface area contributed by atoms with E-state index in [1.54, 1.807) is 18.2 Å². The summed E-state index contributed by atoms with van der Waals surface area (Å²) >= 11 is 0. The maximum atomic E-state index is 8.53. The molecule has 0 aliphatic rings. The summed E-state index contributed by atoms with van der Waals surface area (Å²) in [6.45, 7) is 1.91. The smallest absolute Gasteiger partial charge is 0.186 e. The normalized spacial score (nSPS) is 10.8. The number of rotatable bonds is 1. The van der Waals surface area contributed by atoms with Gasteiger partial charge in [-0.2, -0.15) is 5.26 Å². The molecule has 3 heteroatoms. The summed E-state index contributed by atoms with van der Waals surface area (Å²) in [6.07, 6.45) is 0. The highest BCUT2D eigenvalue weighted by Crippen LogP contribution is 2.04. The van der Waals surface area contributed by atoms with Crippen LogP contribution in [0, 0.1) is 18.3 Å². The van der Waals surface area contributed by atoms with Crippen molar-refractivity contribution < 1.29 is 5.21 Å². The number of hydrogen-bond donors (Lipinski definition) is 1. The molecule has 0 unspecified atom stereocenters. The molecule has 0 saturated heterocycles. The molecule has 1 N–H and O–H groups in total. The minimum atomic E-state index is 0.0405. The highest BCUT2D eigenvalue weighted by atomic mass is 16.4. The Morgan fingerprint density at radius 2 is 2.33 bits per heavy atom. The van der Waals surface area contributed by atoms with Crippen molar-refractivity contribution in [2.75, 3.05) is 0 Å². The topological polar surface area (TPSA) is 56.4 Å². The SMILES string of the molecule is Cc1cccc(/C(C#N)=N/O)c1. The molecule has 0 aromatic heterocycles. The second kappa shape index (κ2) is 3.54. The lowest BCUT2D eigenvalue weighted by molar-refractivity contribution is 0.320. The molecular formula is C9H8N2O. The van der Waals surface area contributed by atoms with E-state index in [0.29, 0.717) is 5.56 Å². The fraction of sp³-hybridized carbons (Fsp3) is 0.111. The standard InChI is InChI=1S/C9H8N2O/c1-7-3-2-4-8(5-7)9(6-10)11-12/h2-5,12H,1H3/b11-9+. The quantitative estimate of drug-likeness (QED) is 0.386. The summed E-state index contributed by atoms with van der Waals surface area (Å²) in [6, 6.07) is 9.04. The Morgan fingerprint density at radius 3 is 2.83 bits per heavy atom. The summed E-state index contributed by atoms with van der Waals surface area (Å²) in [5.74, 6) is 0. The van der Waals surface area contributed by atoms with Crippen LogP contribution >= 0.6 is 0 Å². The largest absolute Gasteiger partial charge is 0.410 e. The number of nitrogens with zero attached hydrogens (tertiary/aromatic N) is 2. The number of nitriles is 1. The van der Waals surface area contributed by atoms with E-state index in [4.69, 9.17) is 10.5 Å². The van der Waals surface area contributed by atoms with Gasteiger partial charge in [0.15, 0.2) is 5.71 Å². The van der Waals surface area contributed by atoms with E-state index >= 15 is 0 Å². The van der Waals surface area contributed by atoms with E-state index in [2.05, 4.69) is 5.16 Å². The average molecular weight is 160 g/mol. The molecule has 0 spiro atoms. The van der Waals surface area contributed by atoms with Gasteiger partial charge in [-0.05, 0) is 13.0 Å². The molecule has 1 aromatic carbocycles. The molecule has 12 heavy (non-hydrogen) atoms. The zero-order valence-electron chi connectivity index (χ0n) is 6.65. The van der Waals surface area contributed by atoms with Gasteiger partial charge in [0.25, 0.3) is 0 Å². The van der Waals surface area contributed by atoms with Crippen molar-refractivity contribution in [1.29, 1.82) is 5.26 Å². The van der Waals surface area contributed by atoms with Crippen molar-refractivity contribution in [1.82, 2.24) is 0 Å². The summed E-state index contributed by atoms with van der Waals surface area (Å²) in [4.78, 5) is 0. The summed E-state index contributed by atoms with van der Waals surface area (Å²) in [5.41, 5.74) is 1.71. The first kappa shape index (κ1) is 8.28. The Bertz CT molecular complexity index is 350. The van der Waals surface area contributed by atoms with Crippen LogP contribution in [-0.4, -0.2) is 10.9 Å². The van der Waals surface area contributed by atoms with Crippen molar-refractivity contribution in [2.45, 2.75) is 6.92 Å². The molecule has 0 aliphatic carbocycles. The lowest BCUT2D eigenvalue weighted by Crippen LogP contribution is -1.96. The molecule has 3 nitrogen and oxygen atoms in total. The molecule has 0 radical (unpaired) electrons. The van der Waals surface area contributed by atoms with E-state index in [9.17, 15) is 0 Å². The Morgan fingerprint density at radius 1 is 1.58 bits per heavy atom. The molecule has 0 atom stereocenters. The van der Waals surface area contributed by atoms with Gasteiger partial charge in [0.05, 0.1) is 0 Å². The summed E-state index contributed by atoms with van der Waals surface area (Å²) in [5, 5.41) is 19.8. The Kier molecular flexibility index (Phi) is 2.44. The fourth-order valence-corrected chi connectivity index (χ4v) is 0.937. The van der Waals surface area contributed by atoms with Gasteiger partial charge in [-0.1, -0.05) is 28.9 Å². The van der Waals surface area contributed by atoms with Gasteiger partial charge in [-0.3, -0.25) is 0 Å². The molecule has 60 valence electrons. The van der Waals surface area contributed by atoms with E-state index < -0.39 is 0 Å². The van der Waals surface area contributed by atoms with E-state index in [1.807, 2.05) is 19.1 Å². The molecular weight excluding hydrogens is 152 g/mol. The third kappa shape index (κ3) is 1.61. The zero-order chi connectivity index (χ0) is 8.97. The van der Waals surface area contributed by atoms with E-state index in [0.717, 1.165) is 5.56 Å². The second-order valence-corrected chi connectivity index (χ2v) is 2.43. The highest BCUT2D eigenvalue weighted by molar-refractivity contribution is 6.11. The Labute approximate surface area is 70.6 Å². The summed E-state index contributed by atoms with van der Waals surface area (Å²) < 4.78 is 0. The van der Waals surface area contributed by atoms with Crippen molar-refractivity contribution in [2.24, 2.45) is 5.16 Å². The van der Waals surface area contributed by atoms with E-state index in [-0.39, 0.29) is 5.71 Å². The Hall–Kier alpha value is -1.82. The molecule has 0 aliphatic heterocycles. The van der Waals surface area contributed by atoms with Gasteiger partial charge in [0, 0.05) is 5.56 Å². The highest BCUT2D eigenvalue weighted by Gasteiger charge is 2.01. The van der Waals surface area contributed by atoms with Crippen LogP contribution in [0.15, 0.2) is 29.4 Å². The molecule has 0 heterocycles. The predicted octanol–water partition coefficient (Wildman–Crippen LogP) is 1.70. The lowest BCUT2D eigenvalue weighted by atomic mass is 10.1. The minimum Gasteiger partial charge on any atom is -0.410 e. The maximum absolute atomic E-state index is 8.53. The number of oxime groups is 1. The molecule has 0 fully saturated rings. The van der Waals surface area contributed by atoms with Gasteiger partial charge in [0.1, 0.15) is 6.07 Å². The number of hydrogen-bond acceptors (Lipinski definition) is 3. The van der Waals surface area contributed by atoms with Gasteiger partial charge in [-0.15, -0.1) is 0 Å². The zero-order valence-corrected chi connectivity index (χ0v) is 6.65. The minimum absolute atomic E-state index is 0.0405. The van der Waals surface area contributed by atoms with Crippen LogP contribution in [0.25, 0.3) is 0 Å². The first-order valence-electron chi connectivity index (χ1n) is 3.47. The van der Waals surface area contributed by atoms with Crippen LogP contribution in [0.2, 0.25) is 0 Å². The second-order valence-electron chi connectivity index (χ2n) is 2.43. The monoisotopic (exact) mass is 160 g/mol. The summed E-state index contributed by atoms with van der Waals surface area (Å²) in [7, 11) is 0. The van der Waals surface area contributed by atoms with Crippen molar-refractivity contribution in [3.05, 3.63) is 35.4 Å². The van der Waals surface area contributed by atoms with Crippen LogP contribution in [0.1, 0.15) is 11.1 Å². The van der Waals surface area contributed by atoms with Gasteiger partial charge < -0.3 is 5.21 Å². The third-order valence-corrected chi connectivity index (χ3v) is 1.50. The molecule has 0 amide bonds. The Balaban J connectivity index is 3.13. The van der Waals surface area contributed by atoms with Crippen molar-refractivity contribution in [3.63, 3.8) is 0 Å². The average Bonchev–Trinajstić information content (AvgIpc) is 2.07. The van der Waals surface area contributed by atoms with E-state index in [1.165, 1.54) is 0 Å². The molecule has 0 bridgehead atoms. The van der Waals surface area contributed by atoms with Crippen LogP contribution < -0.4 is 0 Å². The maximum Gasteiger partial charge on any atom is 0.186 e. The number of aryl methyl sites for hydroxylation is 1. The van der Waals surface area contributed by atoms with Gasteiger partial charge in [0.2, 0.25) is 0 Å². The van der Waals surface area contributed by atoms with Crippen LogP contribution in [0.3, 0.4) is 0 Å². The van der Waals surface area contributed by atoms with Crippen molar-refractivity contribution >= 4 is 5.71 Å². The third-order valence-electron chi connectivity index (χ3n) is 1.50. The van der Waals surface area contributed by atoms with Crippen LogP contribution in [0.5, 0.6) is 0 Å². The van der Waals surface area contributed by atoms with Crippen LogP contribution in [0.4, 0.5) is 0 Å². The van der Waals surface area contributed by atoms with Gasteiger partial charge >= 0.3 is 0 Å². The first-order chi connectivity index (χ1) is 5.77.